The van der Waals surface area contributed by atoms with Crippen molar-refractivity contribution in [1.82, 2.24) is 0 Å². The van der Waals surface area contributed by atoms with Crippen LogP contribution in [0.25, 0.3) is 0 Å². The van der Waals surface area contributed by atoms with Gasteiger partial charge in [0.1, 0.15) is 0 Å². The van der Waals surface area contributed by atoms with E-state index in [0.29, 0.717) is 21.7 Å². The Morgan fingerprint density at radius 1 is 1.11 bits per heavy atom. The summed E-state index contributed by atoms with van der Waals surface area (Å²) in [6.07, 6.45) is 0. The lowest BCUT2D eigenvalue weighted by atomic mass is 10.0. The Kier molecular flexibility index (Phi) is 4.56. The lowest BCUT2D eigenvalue weighted by molar-refractivity contribution is 0.805. The first kappa shape index (κ1) is 14.0. The van der Waals surface area contributed by atoms with E-state index < -0.39 is 0 Å². The quantitative estimate of drug-likeness (QED) is 0.796. The van der Waals surface area contributed by atoms with E-state index in [9.17, 15) is 0 Å². The summed E-state index contributed by atoms with van der Waals surface area (Å²) in [6, 6.07) is 13.8. The first-order chi connectivity index (χ1) is 9.08. The van der Waals surface area contributed by atoms with Crippen molar-refractivity contribution < 1.29 is 0 Å². The Morgan fingerprint density at radius 2 is 1.74 bits per heavy atom. The summed E-state index contributed by atoms with van der Waals surface area (Å²) in [5.41, 5.74) is 8.62. The van der Waals surface area contributed by atoms with Crippen molar-refractivity contribution in [2.24, 2.45) is 0 Å². The van der Waals surface area contributed by atoms with E-state index in [-0.39, 0.29) is 0 Å². The van der Waals surface area contributed by atoms with Crippen LogP contribution in [-0.2, 0) is 0 Å². The minimum atomic E-state index is 0.384. The third kappa shape index (κ3) is 3.55. The van der Waals surface area contributed by atoms with Gasteiger partial charge in [-0.1, -0.05) is 60.5 Å². The smallest absolute Gasteiger partial charge is 0.0614 e. The second-order valence-electron chi connectivity index (χ2n) is 4.55. The van der Waals surface area contributed by atoms with Crippen LogP contribution in [0.4, 0.5) is 11.4 Å². The molecule has 100 valence electrons. The molecule has 1 unspecified atom stereocenters. The van der Waals surface area contributed by atoms with Gasteiger partial charge < -0.3 is 11.1 Å². The van der Waals surface area contributed by atoms with E-state index in [1.165, 1.54) is 5.56 Å². The zero-order chi connectivity index (χ0) is 13.8. The van der Waals surface area contributed by atoms with E-state index in [4.69, 9.17) is 28.9 Å². The lowest BCUT2D eigenvalue weighted by Crippen LogP contribution is -2.11. The summed E-state index contributed by atoms with van der Waals surface area (Å²) in [6.45, 7) is 2.95. The van der Waals surface area contributed by atoms with Crippen molar-refractivity contribution in [2.75, 3.05) is 17.6 Å². The predicted octanol–water partition coefficient (Wildman–Crippen LogP) is 4.79. The molecule has 0 aliphatic heterocycles. The number of nitrogens with two attached hydrogens (primary N) is 1. The summed E-state index contributed by atoms with van der Waals surface area (Å²) in [4.78, 5) is 0. The number of hydrogen-bond donors (Lipinski definition) is 2. The molecule has 0 radical (unpaired) electrons. The molecular formula is C15H16Cl2N2. The second-order valence-corrected chi connectivity index (χ2v) is 5.36. The van der Waals surface area contributed by atoms with Gasteiger partial charge in [0, 0.05) is 6.54 Å². The topological polar surface area (TPSA) is 38.0 Å². The number of rotatable bonds is 4. The highest BCUT2D eigenvalue weighted by Gasteiger charge is 2.08. The standard InChI is InChI=1S/C15H16Cl2N2/c1-10(11-5-3-2-4-6-11)9-19-15-8-13(17)12(16)7-14(15)18/h2-8,10,19H,9,18H2,1H3. The van der Waals surface area contributed by atoms with Crippen molar-refractivity contribution >= 4 is 34.6 Å². The fourth-order valence-corrected chi connectivity index (χ4v) is 2.21. The normalized spacial score (nSPS) is 12.2. The van der Waals surface area contributed by atoms with Gasteiger partial charge in [0.05, 0.1) is 21.4 Å². The highest BCUT2D eigenvalue weighted by Crippen LogP contribution is 2.31. The lowest BCUT2D eigenvalue weighted by Gasteiger charge is -2.16. The average molecular weight is 295 g/mol. The molecule has 0 spiro atoms. The molecule has 2 nitrogen and oxygen atoms in total. The number of nitrogen functional groups attached to an aromatic ring is 1. The highest BCUT2D eigenvalue weighted by atomic mass is 35.5. The van der Waals surface area contributed by atoms with E-state index in [1.807, 2.05) is 18.2 Å². The van der Waals surface area contributed by atoms with Crippen LogP contribution < -0.4 is 11.1 Å². The van der Waals surface area contributed by atoms with Gasteiger partial charge in [-0.05, 0) is 23.6 Å². The van der Waals surface area contributed by atoms with Crippen LogP contribution in [0, 0.1) is 0 Å². The number of halogens is 2. The van der Waals surface area contributed by atoms with Crippen molar-refractivity contribution in [3.05, 3.63) is 58.1 Å². The fourth-order valence-electron chi connectivity index (χ4n) is 1.88. The Balaban J connectivity index is 2.05. The van der Waals surface area contributed by atoms with E-state index in [2.05, 4.69) is 24.4 Å². The highest BCUT2D eigenvalue weighted by molar-refractivity contribution is 6.42. The molecule has 3 N–H and O–H groups in total. The van der Waals surface area contributed by atoms with Crippen LogP contribution in [0.2, 0.25) is 10.0 Å². The minimum absolute atomic E-state index is 0.384. The van der Waals surface area contributed by atoms with Gasteiger partial charge in [0.2, 0.25) is 0 Å². The van der Waals surface area contributed by atoms with Crippen LogP contribution in [0.3, 0.4) is 0 Å². The van der Waals surface area contributed by atoms with Gasteiger partial charge in [-0.15, -0.1) is 0 Å². The average Bonchev–Trinajstić information content (AvgIpc) is 2.42. The molecule has 0 amide bonds. The predicted molar refractivity (Wildman–Crippen MR) is 84.2 cm³/mol. The van der Waals surface area contributed by atoms with E-state index >= 15 is 0 Å². The summed E-state index contributed by atoms with van der Waals surface area (Å²) < 4.78 is 0. The van der Waals surface area contributed by atoms with Crippen LogP contribution in [0.5, 0.6) is 0 Å². The molecule has 2 rings (SSSR count). The Morgan fingerprint density at radius 3 is 2.42 bits per heavy atom. The zero-order valence-electron chi connectivity index (χ0n) is 10.7. The van der Waals surface area contributed by atoms with Gasteiger partial charge in [0.25, 0.3) is 0 Å². The molecule has 19 heavy (non-hydrogen) atoms. The summed E-state index contributed by atoms with van der Waals surface area (Å²) in [5.74, 6) is 0.384. The van der Waals surface area contributed by atoms with Gasteiger partial charge in [-0.2, -0.15) is 0 Å². The molecule has 2 aromatic rings. The molecule has 0 saturated carbocycles. The van der Waals surface area contributed by atoms with Crippen LogP contribution in [-0.4, -0.2) is 6.54 Å². The Hall–Kier alpha value is -1.38. The number of nitrogens with one attached hydrogen (secondary N) is 1. The fraction of sp³-hybridized carbons (Fsp3) is 0.200. The maximum absolute atomic E-state index is 5.99. The largest absolute Gasteiger partial charge is 0.397 e. The third-order valence-electron chi connectivity index (χ3n) is 3.06. The maximum Gasteiger partial charge on any atom is 0.0614 e. The molecule has 1 atom stereocenters. The van der Waals surface area contributed by atoms with Gasteiger partial charge in [0.15, 0.2) is 0 Å². The van der Waals surface area contributed by atoms with Crippen molar-refractivity contribution in [3.63, 3.8) is 0 Å². The molecule has 4 heteroatoms. The van der Waals surface area contributed by atoms with Gasteiger partial charge in [-0.3, -0.25) is 0 Å². The molecule has 0 aromatic heterocycles. The Bertz CT molecular complexity index is 556. The minimum Gasteiger partial charge on any atom is -0.397 e. The molecule has 0 bridgehead atoms. The molecule has 0 aliphatic carbocycles. The van der Waals surface area contributed by atoms with Crippen LogP contribution in [0.15, 0.2) is 42.5 Å². The molecular weight excluding hydrogens is 279 g/mol. The number of hydrogen-bond acceptors (Lipinski definition) is 2. The van der Waals surface area contributed by atoms with Gasteiger partial charge in [-0.25, -0.2) is 0 Å². The van der Waals surface area contributed by atoms with Crippen LogP contribution >= 0.6 is 23.2 Å². The molecule has 0 fully saturated rings. The first-order valence-electron chi connectivity index (χ1n) is 6.11. The summed E-state index contributed by atoms with van der Waals surface area (Å²) in [5, 5.41) is 4.29. The molecule has 2 aromatic carbocycles. The zero-order valence-corrected chi connectivity index (χ0v) is 12.2. The second kappa shape index (κ2) is 6.18. The number of anilines is 2. The van der Waals surface area contributed by atoms with E-state index in [0.717, 1.165) is 12.2 Å². The number of benzene rings is 2. The SMILES string of the molecule is CC(CNc1cc(Cl)c(Cl)cc1N)c1ccccc1. The molecule has 0 aliphatic rings. The summed E-state index contributed by atoms with van der Waals surface area (Å²) >= 11 is 11.9. The maximum atomic E-state index is 5.99. The third-order valence-corrected chi connectivity index (χ3v) is 3.78. The molecule has 0 heterocycles. The van der Waals surface area contributed by atoms with Crippen molar-refractivity contribution in [1.29, 1.82) is 0 Å². The van der Waals surface area contributed by atoms with Gasteiger partial charge >= 0.3 is 0 Å². The Labute approximate surface area is 123 Å². The monoisotopic (exact) mass is 294 g/mol. The first-order valence-corrected chi connectivity index (χ1v) is 6.87. The van der Waals surface area contributed by atoms with E-state index in [1.54, 1.807) is 12.1 Å². The molecule has 0 saturated heterocycles. The summed E-state index contributed by atoms with van der Waals surface area (Å²) in [7, 11) is 0. The van der Waals surface area contributed by atoms with Crippen LogP contribution in [0.1, 0.15) is 18.4 Å². The van der Waals surface area contributed by atoms with Crippen molar-refractivity contribution in [3.8, 4) is 0 Å². The van der Waals surface area contributed by atoms with Crippen molar-refractivity contribution in [2.45, 2.75) is 12.8 Å².